The average Bonchev–Trinajstić information content (AvgIpc) is 2.39. The van der Waals surface area contributed by atoms with Crippen LogP contribution in [0.25, 0.3) is 0 Å². The number of piperidine rings is 1. The second-order valence-corrected chi connectivity index (χ2v) is 5.42. The lowest BCUT2D eigenvalue weighted by atomic mass is 9.96. The maximum Gasteiger partial charge on any atom is 0.123 e. The number of amidine groups is 1. The van der Waals surface area contributed by atoms with Gasteiger partial charge in [0.05, 0.1) is 12.9 Å². The van der Waals surface area contributed by atoms with Gasteiger partial charge in [0, 0.05) is 29.6 Å². The number of methoxy groups -OCH3 is 1. The van der Waals surface area contributed by atoms with Gasteiger partial charge in [0.15, 0.2) is 0 Å². The number of halogens is 1. The van der Waals surface area contributed by atoms with Crippen LogP contribution in [0.15, 0.2) is 18.2 Å². The number of hydrogen-bond acceptors (Lipinski definition) is 3. The van der Waals surface area contributed by atoms with Gasteiger partial charge < -0.3 is 10.5 Å². The third-order valence-electron chi connectivity index (χ3n) is 3.58. The van der Waals surface area contributed by atoms with Crippen LogP contribution in [0, 0.1) is 11.3 Å². The quantitative estimate of drug-likeness (QED) is 0.658. The summed E-state index contributed by atoms with van der Waals surface area (Å²) >= 11 is 6.04. The minimum atomic E-state index is 0.180. The van der Waals surface area contributed by atoms with Crippen LogP contribution in [-0.4, -0.2) is 30.9 Å². The molecule has 1 fully saturated rings. The number of hydrogen-bond donors (Lipinski definition) is 2. The van der Waals surface area contributed by atoms with E-state index < -0.39 is 0 Å². The summed E-state index contributed by atoms with van der Waals surface area (Å²) in [5.74, 6) is 1.33. The Bertz CT molecular complexity index is 464. The Morgan fingerprint density at radius 3 is 3.05 bits per heavy atom. The molecule has 1 aromatic rings. The van der Waals surface area contributed by atoms with Gasteiger partial charge in [-0.25, -0.2) is 0 Å². The van der Waals surface area contributed by atoms with Gasteiger partial charge in [0.25, 0.3) is 0 Å². The number of nitrogens with two attached hydrogens (primary N) is 1. The molecule has 5 heteroatoms. The van der Waals surface area contributed by atoms with Gasteiger partial charge >= 0.3 is 0 Å². The van der Waals surface area contributed by atoms with E-state index >= 15 is 0 Å². The van der Waals surface area contributed by atoms with E-state index in [-0.39, 0.29) is 5.92 Å². The van der Waals surface area contributed by atoms with Gasteiger partial charge in [-0.1, -0.05) is 11.6 Å². The average molecular weight is 282 g/mol. The van der Waals surface area contributed by atoms with Crippen molar-refractivity contribution in [1.29, 1.82) is 5.41 Å². The summed E-state index contributed by atoms with van der Waals surface area (Å²) in [6.45, 7) is 2.65. The molecule has 1 aliphatic rings. The monoisotopic (exact) mass is 281 g/mol. The highest BCUT2D eigenvalue weighted by molar-refractivity contribution is 6.30. The maximum absolute atomic E-state index is 7.58. The Morgan fingerprint density at radius 1 is 1.58 bits per heavy atom. The van der Waals surface area contributed by atoms with Crippen molar-refractivity contribution < 1.29 is 4.74 Å². The van der Waals surface area contributed by atoms with Crippen LogP contribution in [0.2, 0.25) is 5.02 Å². The molecule has 2 rings (SSSR count). The molecule has 1 atom stereocenters. The molecule has 0 spiro atoms. The SMILES string of the molecule is COc1ccc(Cl)cc1CN1CCCC(C(=N)N)C1. The predicted octanol–water partition coefficient (Wildman–Crippen LogP) is 2.50. The summed E-state index contributed by atoms with van der Waals surface area (Å²) in [7, 11) is 1.67. The molecular formula is C14H20ClN3O. The zero-order valence-corrected chi connectivity index (χ0v) is 11.9. The number of benzene rings is 1. The number of likely N-dealkylation sites (tertiary alicyclic amines) is 1. The molecule has 4 nitrogen and oxygen atoms in total. The number of ether oxygens (including phenoxy) is 1. The third kappa shape index (κ3) is 3.61. The lowest BCUT2D eigenvalue weighted by Crippen LogP contribution is -2.40. The summed E-state index contributed by atoms with van der Waals surface area (Å²) < 4.78 is 5.36. The highest BCUT2D eigenvalue weighted by atomic mass is 35.5. The molecule has 19 heavy (non-hydrogen) atoms. The fourth-order valence-electron chi connectivity index (χ4n) is 2.56. The largest absolute Gasteiger partial charge is 0.496 e. The van der Waals surface area contributed by atoms with E-state index in [0.717, 1.165) is 48.8 Å². The first-order valence-electron chi connectivity index (χ1n) is 6.49. The zero-order chi connectivity index (χ0) is 13.8. The molecule has 0 amide bonds. The third-order valence-corrected chi connectivity index (χ3v) is 3.82. The van der Waals surface area contributed by atoms with E-state index in [1.165, 1.54) is 0 Å². The normalized spacial score (nSPS) is 20.2. The van der Waals surface area contributed by atoms with E-state index in [9.17, 15) is 0 Å². The van der Waals surface area contributed by atoms with Crippen LogP contribution in [0.4, 0.5) is 0 Å². The second-order valence-electron chi connectivity index (χ2n) is 4.99. The molecule has 1 aromatic carbocycles. The lowest BCUT2D eigenvalue weighted by Gasteiger charge is -2.32. The Kier molecular flexibility index (Phi) is 4.66. The van der Waals surface area contributed by atoms with Gasteiger partial charge in [0.2, 0.25) is 0 Å². The maximum atomic E-state index is 7.58. The van der Waals surface area contributed by atoms with Gasteiger partial charge in [-0.2, -0.15) is 0 Å². The van der Waals surface area contributed by atoms with Crippen molar-refractivity contribution in [3.05, 3.63) is 28.8 Å². The van der Waals surface area contributed by atoms with E-state index in [2.05, 4.69) is 4.90 Å². The minimum Gasteiger partial charge on any atom is -0.496 e. The van der Waals surface area contributed by atoms with E-state index in [0.29, 0.717) is 5.84 Å². The van der Waals surface area contributed by atoms with Gasteiger partial charge in [0.1, 0.15) is 5.75 Å². The van der Waals surface area contributed by atoms with E-state index in [4.69, 9.17) is 27.5 Å². The molecule has 1 heterocycles. The number of rotatable bonds is 4. The summed E-state index contributed by atoms with van der Waals surface area (Å²) in [6.07, 6.45) is 2.09. The molecule has 0 aromatic heterocycles. The predicted molar refractivity (Wildman–Crippen MR) is 77.9 cm³/mol. The first kappa shape index (κ1) is 14.2. The standard InChI is InChI=1S/C14H20ClN3O/c1-19-13-5-4-12(15)7-11(13)9-18-6-2-3-10(8-18)14(16)17/h4-5,7,10H,2-3,6,8-9H2,1H3,(H3,16,17). The van der Waals surface area contributed by atoms with Crippen molar-refractivity contribution in [2.75, 3.05) is 20.2 Å². The molecule has 0 saturated carbocycles. The van der Waals surface area contributed by atoms with Crippen LogP contribution in [0.1, 0.15) is 18.4 Å². The Labute approximate surface area is 119 Å². The molecule has 1 unspecified atom stereocenters. The van der Waals surface area contributed by atoms with Gasteiger partial charge in [-0.15, -0.1) is 0 Å². The van der Waals surface area contributed by atoms with Gasteiger partial charge in [-0.3, -0.25) is 10.3 Å². The van der Waals surface area contributed by atoms with Crippen molar-refractivity contribution in [2.45, 2.75) is 19.4 Å². The fourth-order valence-corrected chi connectivity index (χ4v) is 2.76. The van der Waals surface area contributed by atoms with E-state index in [1.807, 2.05) is 18.2 Å². The Hall–Kier alpha value is -1.26. The van der Waals surface area contributed by atoms with Gasteiger partial charge in [-0.05, 0) is 37.6 Å². The van der Waals surface area contributed by atoms with Crippen molar-refractivity contribution in [2.24, 2.45) is 11.7 Å². The summed E-state index contributed by atoms with van der Waals surface area (Å²) in [6, 6.07) is 5.67. The first-order chi connectivity index (χ1) is 9.10. The minimum absolute atomic E-state index is 0.180. The van der Waals surface area contributed by atoms with Crippen molar-refractivity contribution in [1.82, 2.24) is 4.90 Å². The first-order valence-corrected chi connectivity index (χ1v) is 6.86. The highest BCUT2D eigenvalue weighted by Gasteiger charge is 2.22. The Morgan fingerprint density at radius 2 is 2.37 bits per heavy atom. The zero-order valence-electron chi connectivity index (χ0n) is 11.2. The lowest BCUT2D eigenvalue weighted by molar-refractivity contribution is 0.193. The van der Waals surface area contributed by atoms with Crippen LogP contribution in [0.5, 0.6) is 5.75 Å². The highest BCUT2D eigenvalue weighted by Crippen LogP contribution is 2.26. The molecule has 0 radical (unpaired) electrons. The second kappa shape index (κ2) is 6.26. The smallest absolute Gasteiger partial charge is 0.123 e. The number of nitrogens with one attached hydrogen (secondary N) is 1. The van der Waals surface area contributed by atoms with Crippen molar-refractivity contribution in [3.63, 3.8) is 0 Å². The van der Waals surface area contributed by atoms with Crippen molar-refractivity contribution >= 4 is 17.4 Å². The molecule has 0 aliphatic carbocycles. The summed E-state index contributed by atoms with van der Waals surface area (Å²) in [5.41, 5.74) is 6.70. The van der Waals surface area contributed by atoms with Crippen LogP contribution < -0.4 is 10.5 Å². The molecule has 1 saturated heterocycles. The molecular weight excluding hydrogens is 262 g/mol. The van der Waals surface area contributed by atoms with Crippen molar-refractivity contribution in [3.8, 4) is 5.75 Å². The molecule has 0 bridgehead atoms. The van der Waals surface area contributed by atoms with Crippen LogP contribution >= 0.6 is 11.6 Å². The van der Waals surface area contributed by atoms with E-state index in [1.54, 1.807) is 7.11 Å². The summed E-state index contributed by atoms with van der Waals surface area (Å²) in [5, 5.41) is 8.29. The molecule has 1 aliphatic heterocycles. The molecule has 3 N–H and O–H groups in total. The molecule has 104 valence electrons. The fraction of sp³-hybridized carbons (Fsp3) is 0.500. The Balaban J connectivity index is 2.08. The van der Waals surface area contributed by atoms with Crippen LogP contribution in [0.3, 0.4) is 0 Å². The summed E-state index contributed by atoms with van der Waals surface area (Å²) in [4.78, 5) is 2.31. The van der Waals surface area contributed by atoms with Crippen LogP contribution in [-0.2, 0) is 6.54 Å². The topological polar surface area (TPSA) is 62.3 Å². The number of nitrogens with zero attached hydrogens (tertiary/aromatic N) is 1.